The second kappa shape index (κ2) is 21.4. The zero-order valence-electron chi connectivity index (χ0n) is 18.1. The molecule has 0 spiro atoms. The summed E-state index contributed by atoms with van der Waals surface area (Å²) in [5.74, 6) is -1.16. The maximum atomic E-state index is 10.8. The van der Waals surface area contributed by atoms with Gasteiger partial charge in [0.2, 0.25) is 0 Å². The average molecular weight is 449 g/mol. The summed E-state index contributed by atoms with van der Waals surface area (Å²) < 4.78 is 30.8. The third-order valence-corrected chi connectivity index (χ3v) is 3.52. The van der Waals surface area contributed by atoms with E-state index in [1.165, 1.54) is 0 Å². The van der Waals surface area contributed by atoms with Crippen molar-refractivity contribution >= 4 is 11.9 Å². The Morgan fingerprint density at radius 1 is 0.613 bits per heavy atom. The van der Waals surface area contributed by atoms with E-state index < -0.39 is 24.1 Å². The molecule has 2 atom stereocenters. The minimum atomic E-state index is -0.862. The summed E-state index contributed by atoms with van der Waals surface area (Å²) in [6.07, 6.45) is 2.49. The highest BCUT2D eigenvalue weighted by Crippen LogP contribution is 1.95. The van der Waals surface area contributed by atoms with Crippen molar-refractivity contribution in [1.29, 1.82) is 0 Å². The molecule has 0 rings (SSSR count). The summed E-state index contributed by atoms with van der Waals surface area (Å²) >= 11 is 0. The largest absolute Gasteiger partial charge is 0.460 e. The molecular weight excluding hydrogens is 412 g/mol. The second-order valence-electron chi connectivity index (χ2n) is 6.41. The summed E-state index contributed by atoms with van der Waals surface area (Å²) in [5.41, 5.74) is 0. The number of hydrogen-bond acceptors (Lipinski definition) is 10. The van der Waals surface area contributed by atoms with Gasteiger partial charge >= 0.3 is 11.9 Å². The molecular formula is C21H36O10. The molecule has 0 radical (unpaired) electrons. The van der Waals surface area contributed by atoms with Crippen molar-refractivity contribution in [2.75, 3.05) is 66.1 Å². The van der Waals surface area contributed by atoms with Gasteiger partial charge in [0.1, 0.15) is 25.4 Å². The van der Waals surface area contributed by atoms with Crippen LogP contribution in [0.2, 0.25) is 0 Å². The fourth-order valence-corrected chi connectivity index (χ4v) is 2.00. The zero-order chi connectivity index (χ0) is 23.2. The summed E-state index contributed by atoms with van der Waals surface area (Å²) in [6, 6.07) is 0. The molecule has 31 heavy (non-hydrogen) atoms. The fourth-order valence-electron chi connectivity index (χ4n) is 2.00. The molecule has 0 saturated heterocycles. The van der Waals surface area contributed by atoms with E-state index >= 15 is 0 Å². The normalized spacial score (nSPS) is 12.7. The minimum absolute atomic E-state index is 0.0870. The van der Waals surface area contributed by atoms with Gasteiger partial charge in [0.15, 0.2) is 0 Å². The van der Waals surface area contributed by atoms with E-state index in [-0.39, 0.29) is 26.4 Å². The van der Waals surface area contributed by atoms with Gasteiger partial charge in [-0.05, 0) is 19.3 Å². The standard InChI is InChI=1S/C21H36O10/c1-3-20(24)30-16-18(22)14-28-12-6-10-26-8-5-9-27-11-7-13-29-15-19(23)17-31-21(25)4-2/h3-4,18-19,22-23H,1-2,5-17H2/t18-,19+. The Morgan fingerprint density at radius 3 is 1.26 bits per heavy atom. The summed E-state index contributed by atoms with van der Waals surface area (Å²) in [5, 5.41) is 19.1. The Bertz CT molecular complexity index is 441. The molecule has 0 amide bonds. The topological polar surface area (TPSA) is 130 Å². The van der Waals surface area contributed by atoms with Crippen LogP contribution in [0.25, 0.3) is 0 Å². The first-order chi connectivity index (χ1) is 15.0. The third-order valence-electron chi connectivity index (χ3n) is 3.52. The van der Waals surface area contributed by atoms with Crippen molar-refractivity contribution in [2.45, 2.75) is 31.5 Å². The van der Waals surface area contributed by atoms with Crippen molar-refractivity contribution in [1.82, 2.24) is 0 Å². The quantitative estimate of drug-likeness (QED) is 0.136. The Morgan fingerprint density at radius 2 is 0.935 bits per heavy atom. The van der Waals surface area contributed by atoms with Gasteiger partial charge < -0.3 is 38.6 Å². The van der Waals surface area contributed by atoms with Crippen LogP contribution in [0.15, 0.2) is 25.3 Å². The first kappa shape index (κ1) is 29.2. The number of esters is 2. The van der Waals surface area contributed by atoms with Crippen molar-refractivity contribution in [2.24, 2.45) is 0 Å². The SMILES string of the molecule is C=CC(=O)OC[C@H](O)COCCCOCCCOCCCOC[C@H](O)COC(=O)C=C. The molecule has 2 N–H and O–H groups in total. The number of rotatable bonds is 22. The van der Waals surface area contributed by atoms with Crippen molar-refractivity contribution in [3.05, 3.63) is 25.3 Å². The number of carbonyl (C=O) groups is 2. The van der Waals surface area contributed by atoms with Crippen molar-refractivity contribution in [3.63, 3.8) is 0 Å². The molecule has 0 bridgehead atoms. The van der Waals surface area contributed by atoms with Crippen LogP contribution in [0.3, 0.4) is 0 Å². The van der Waals surface area contributed by atoms with Crippen LogP contribution in [0.5, 0.6) is 0 Å². The zero-order valence-corrected chi connectivity index (χ0v) is 18.1. The van der Waals surface area contributed by atoms with Crippen LogP contribution in [0, 0.1) is 0 Å². The van der Waals surface area contributed by atoms with E-state index in [2.05, 4.69) is 13.2 Å². The molecule has 0 fully saturated rings. The fraction of sp³-hybridized carbons (Fsp3) is 0.714. The van der Waals surface area contributed by atoms with E-state index in [1.807, 2.05) is 0 Å². The van der Waals surface area contributed by atoms with Gasteiger partial charge in [-0.15, -0.1) is 0 Å². The monoisotopic (exact) mass is 448 g/mol. The molecule has 0 aliphatic carbocycles. The lowest BCUT2D eigenvalue weighted by Crippen LogP contribution is -2.23. The van der Waals surface area contributed by atoms with Crippen LogP contribution in [-0.4, -0.2) is 100 Å². The number of hydrogen-bond donors (Lipinski definition) is 2. The smallest absolute Gasteiger partial charge is 0.330 e. The lowest BCUT2D eigenvalue weighted by atomic mass is 10.4. The van der Waals surface area contributed by atoms with E-state index in [0.29, 0.717) is 52.5 Å². The molecule has 0 heterocycles. The predicted molar refractivity (Wildman–Crippen MR) is 111 cm³/mol. The molecule has 0 aromatic heterocycles. The van der Waals surface area contributed by atoms with Crippen LogP contribution < -0.4 is 0 Å². The van der Waals surface area contributed by atoms with Gasteiger partial charge in [-0.3, -0.25) is 0 Å². The third kappa shape index (κ3) is 21.2. The molecule has 180 valence electrons. The van der Waals surface area contributed by atoms with Crippen molar-refractivity contribution < 1.29 is 48.2 Å². The highest BCUT2D eigenvalue weighted by Gasteiger charge is 2.07. The van der Waals surface area contributed by atoms with E-state index in [1.54, 1.807) is 0 Å². The van der Waals surface area contributed by atoms with Gasteiger partial charge in [0.25, 0.3) is 0 Å². The first-order valence-electron chi connectivity index (χ1n) is 10.2. The van der Waals surface area contributed by atoms with Gasteiger partial charge in [-0.2, -0.15) is 0 Å². The lowest BCUT2D eigenvalue weighted by Gasteiger charge is -2.11. The maximum Gasteiger partial charge on any atom is 0.330 e. The van der Waals surface area contributed by atoms with E-state index in [9.17, 15) is 19.8 Å². The molecule has 0 aliphatic heterocycles. The molecule has 0 aliphatic rings. The Balaban J connectivity index is 3.24. The van der Waals surface area contributed by atoms with Gasteiger partial charge in [-0.25, -0.2) is 9.59 Å². The first-order valence-corrected chi connectivity index (χ1v) is 10.2. The van der Waals surface area contributed by atoms with Crippen LogP contribution in [-0.2, 0) is 38.0 Å². The molecule has 10 heteroatoms. The molecule has 0 unspecified atom stereocenters. The lowest BCUT2D eigenvalue weighted by molar-refractivity contribution is -0.142. The van der Waals surface area contributed by atoms with Gasteiger partial charge in [0.05, 0.1) is 13.2 Å². The molecule has 10 nitrogen and oxygen atoms in total. The highest BCUT2D eigenvalue weighted by atomic mass is 16.6. The van der Waals surface area contributed by atoms with Crippen LogP contribution in [0.4, 0.5) is 0 Å². The van der Waals surface area contributed by atoms with Crippen molar-refractivity contribution in [3.8, 4) is 0 Å². The second-order valence-corrected chi connectivity index (χ2v) is 6.41. The van der Waals surface area contributed by atoms with Gasteiger partial charge in [0, 0.05) is 51.8 Å². The maximum absolute atomic E-state index is 10.8. The number of carbonyl (C=O) groups excluding carboxylic acids is 2. The Labute approximate surface area is 183 Å². The van der Waals surface area contributed by atoms with Crippen LogP contribution in [0.1, 0.15) is 19.3 Å². The van der Waals surface area contributed by atoms with Crippen LogP contribution >= 0.6 is 0 Å². The average Bonchev–Trinajstić information content (AvgIpc) is 2.78. The van der Waals surface area contributed by atoms with E-state index in [0.717, 1.165) is 18.6 Å². The number of aliphatic hydroxyl groups excluding tert-OH is 2. The number of ether oxygens (including phenoxy) is 6. The summed E-state index contributed by atoms with van der Waals surface area (Å²) in [4.78, 5) is 21.7. The highest BCUT2D eigenvalue weighted by molar-refractivity contribution is 5.81. The number of aliphatic hydroxyl groups is 2. The summed E-state index contributed by atoms with van der Waals surface area (Å²) in [6.45, 7) is 9.57. The molecule has 0 aromatic carbocycles. The Hall–Kier alpha value is -1.82. The predicted octanol–water partition coefficient (Wildman–Crippen LogP) is 0.403. The summed E-state index contributed by atoms with van der Waals surface area (Å²) in [7, 11) is 0. The molecule has 0 aromatic rings. The van der Waals surface area contributed by atoms with E-state index in [4.69, 9.17) is 28.4 Å². The van der Waals surface area contributed by atoms with Gasteiger partial charge in [-0.1, -0.05) is 13.2 Å². The minimum Gasteiger partial charge on any atom is -0.460 e. The molecule has 0 saturated carbocycles. The Kier molecular flexibility index (Phi) is 20.2.